The second-order valence-corrected chi connectivity index (χ2v) is 5.03. The first-order valence-corrected chi connectivity index (χ1v) is 6.73. The normalized spacial score (nSPS) is 11.7. The van der Waals surface area contributed by atoms with E-state index in [0.717, 1.165) is 17.0 Å². The van der Waals surface area contributed by atoms with Gasteiger partial charge in [-0.05, 0) is 29.7 Å². The Hall–Kier alpha value is -1.06. The average Bonchev–Trinajstić information content (AvgIpc) is 2.42. The van der Waals surface area contributed by atoms with E-state index >= 15 is 0 Å². The molecule has 2 rings (SSSR count). The summed E-state index contributed by atoms with van der Waals surface area (Å²) in [5.41, 5.74) is 8.40. The molecule has 20 heavy (non-hydrogen) atoms. The van der Waals surface area contributed by atoms with Gasteiger partial charge in [0.05, 0.1) is 13.2 Å². The molecule has 0 saturated carbocycles. The van der Waals surface area contributed by atoms with Crippen molar-refractivity contribution in [1.29, 1.82) is 0 Å². The molecule has 0 amide bonds. The SMILES string of the molecule is Cl.N[C@@H](COCc1ccc(Cl)cc1)Cc1ccccc1. The van der Waals surface area contributed by atoms with Crippen LogP contribution in [0.1, 0.15) is 11.1 Å². The molecule has 0 unspecified atom stereocenters. The number of rotatable bonds is 6. The summed E-state index contributed by atoms with van der Waals surface area (Å²) in [4.78, 5) is 0. The highest BCUT2D eigenvalue weighted by atomic mass is 35.5. The number of hydrogen-bond acceptors (Lipinski definition) is 2. The quantitative estimate of drug-likeness (QED) is 0.879. The minimum Gasteiger partial charge on any atom is -0.375 e. The van der Waals surface area contributed by atoms with Crippen molar-refractivity contribution >= 4 is 24.0 Å². The van der Waals surface area contributed by atoms with Gasteiger partial charge in [0.25, 0.3) is 0 Å². The second-order valence-electron chi connectivity index (χ2n) is 4.59. The predicted molar refractivity (Wildman–Crippen MR) is 86.5 cm³/mol. The molecule has 0 radical (unpaired) electrons. The lowest BCUT2D eigenvalue weighted by Gasteiger charge is -2.12. The summed E-state index contributed by atoms with van der Waals surface area (Å²) in [6.07, 6.45) is 0.835. The van der Waals surface area contributed by atoms with Gasteiger partial charge in [-0.2, -0.15) is 0 Å². The zero-order valence-electron chi connectivity index (χ0n) is 11.2. The fourth-order valence-corrected chi connectivity index (χ4v) is 2.01. The van der Waals surface area contributed by atoms with Gasteiger partial charge < -0.3 is 10.5 Å². The smallest absolute Gasteiger partial charge is 0.0717 e. The first kappa shape index (κ1) is 17.0. The zero-order chi connectivity index (χ0) is 13.5. The Morgan fingerprint density at radius 2 is 1.60 bits per heavy atom. The lowest BCUT2D eigenvalue weighted by Crippen LogP contribution is -2.28. The summed E-state index contributed by atoms with van der Waals surface area (Å²) in [7, 11) is 0. The van der Waals surface area contributed by atoms with Crippen molar-refractivity contribution in [2.24, 2.45) is 5.73 Å². The highest BCUT2D eigenvalue weighted by molar-refractivity contribution is 6.30. The summed E-state index contributed by atoms with van der Waals surface area (Å²) in [5, 5.41) is 0.740. The predicted octanol–water partition coefficient (Wildman–Crippen LogP) is 3.85. The van der Waals surface area contributed by atoms with Crippen LogP contribution in [0.2, 0.25) is 5.02 Å². The van der Waals surface area contributed by atoms with Crippen LogP contribution in [0.4, 0.5) is 0 Å². The minimum atomic E-state index is 0. The van der Waals surface area contributed by atoms with Crippen LogP contribution < -0.4 is 5.73 Å². The van der Waals surface area contributed by atoms with Gasteiger partial charge in [-0.3, -0.25) is 0 Å². The molecule has 0 fully saturated rings. The Labute approximate surface area is 131 Å². The van der Waals surface area contributed by atoms with E-state index in [9.17, 15) is 0 Å². The molecular weight excluding hydrogens is 293 g/mol. The molecule has 0 heterocycles. The molecule has 0 aliphatic heterocycles. The van der Waals surface area contributed by atoms with Crippen LogP contribution in [-0.2, 0) is 17.8 Å². The van der Waals surface area contributed by atoms with Crippen LogP contribution in [0.25, 0.3) is 0 Å². The minimum absolute atomic E-state index is 0. The summed E-state index contributed by atoms with van der Waals surface area (Å²) >= 11 is 5.83. The van der Waals surface area contributed by atoms with Crippen LogP contribution >= 0.6 is 24.0 Å². The molecule has 0 aliphatic carbocycles. The number of halogens is 2. The number of benzene rings is 2. The second kappa shape index (κ2) is 8.98. The summed E-state index contributed by atoms with van der Waals surface area (Å²) in [6, 6.07) is 17.9. The third-order valence-corrected chi connectivity index (χ3v) is 3.11. The third-order valence-electron chi connectivity index (χ3n) is 2.85. The Morgan fingerprint density at radius 3 is 2.25 bits per heavy atom. The molecule has 4 heteroatoms. The van der Waals surface area contributed by atoms with E-state index in [1.165, 1.54) is 5.56 Å². The van der Waals surface area contributed by atoms with E-state index in [-0.39, 0.29) is 18.4 Å². The molecule has 0 aromatic heterocycles. The summed E-state index contributed by atoms with van der Waals surface area (Å²) in [6.45, 7) is 1.12. The number of ether oxygens (including phenoxy) is 1. The van der Waals surface area contributed by atoms with E-state index in [1.54, 1.807) is 0 Å². The third kappa shape index (κ3) is 5.93. The van der Waals surface area contributed by atoms with Crippen molar-refractivity contribution < 1.29 is 4.74 Å². The fourth-order valence-electron chi connectivity index (χ4n) is 1.88. The van der Waals surface area contributed by atoms with Crippen LogP contribution in [0.15, 0.2) is 54.6 Å². The molecule has 0 spiro atoms. The Morgan fingerprint density at radius 1 is 0.950 bits per heavy atom. The highest BCUT2D eigenvalue weighted by Gasteiger charge is 2.04. The Kier molecular flexibility index (Phi) is 7.63. The highest BCUT2D eigenvalue weighted by Crippen LogP contribution is 2.10. The van der Waals surface area contributed by atoms with Gasteiger partial charge in [0.15, 0.2) is 0 Å². The van der Waals surface area contributed by atoms with Crippen molar-refractivity contribution in [3.05, 3.63) is 70.7 Å². The van der Waals surface area contributed by atoms with Gasteiger partial charge in [0, 0.05) is 11.1 Å². The first-order valence-electron chi connectivity index (χ1n) is 6.36. The summed E-state index contributed by atoms with van der Waals surface area (Å²) in [5.74, 6) is 0. The van der Waals surface area contributed by atoms with Crippen LogP contribution in [0, 0.1) is 0 Å². The zero-order valence-corrected chi connectivity index (χ0v) is 12.7. The molecule has 108 valence electrons. The van der Waals surface area contributed by atoms with Crippen LogP contribution in [-0.4, -0.2) is 12.6 Å². The number of nitrogens with two attached hydrogens (primary N) is 1. The standard InChI is InChI=1S/C16H18ClNO.ClH/c17-15-8-6-14(7-9-15)11-19-12-16(18)10-13-4-2-1-3-5-13;/h1-9,16H,10-12,18H2;1H/t16-;/m1./s1. The maximum Gasteiger partial charge on any atom is 0.0717 e. The lowest BCUT2D eigenvalue weighted by molar-refractivity contribution is 0.108. The van der Waals surface area contributed by atoms with E-state index in [2.05, 4.69) is 12.1 Å². The van der Waals surface area contributed by atoms with Crippen molar-refractivity contribution in [2.75, 3.05) is 6.61 Å². The topological polar surface area (TPSA) is 35.2 Å². The van der Waals surface area contributed by atoms with Crippen molar-refractivity contribution in [3.63, 3.8) is 0 Å². The van der Waals surface area contributed by atoms with Gasteiger partial charge in [0.2, 0.25) is 0 Å². The molecule has 1 atom stereocenters. The molecule has 2 N–H and O–H groups in total. The van der Waals surface area contributed by atoms with Crippen molar-refractivity contribution in [1.82, 2.24) is 0 Å². The summed E-state index contributed by atoms with van der Waals surface area (Å²) < 4.78 is 5.63. The molecule has 0 bridgehead atoms. The molecule has 2 aromatic rings. The average molecular weight is 312 g/mol. The van der Waals surface area contributed by atoms with Crippen molar-refractivity contribution in [3.8, 4) is 0 Å². The van der Waals surface area contributed by atoms with Crippen LogP contribution in [0.3, 0.4) is 0 Å². The first-order chi connectivity index (χ1) is 9.24. The molecule has 2 aromatic carbocycles. The maximum atomic E-state index is 6.05. The Bertz CT molecular complexity index is 488. The van der Waals surface area contributed by atoms with Gasteiger partial charge in [-0.25, -0.2) is 0 Å². The maximum absolute atomic E-state index is 6.05. The van der Waals surface area contributed by atoms with Gasteiger partial charge in [-0.1, -0.05) is 54.1 Å². The molecule has 0 aliphatic rings. The Balaban J connectivity index is 0.00000200. The largest absolute Gasteiger partial charge is 0.375 e. The van der Waals surface area contributed by atoms with Gasteiger partial charge >= 0.3 is 0 Å². The number of hydrogen-bond donors (Lipinski definition) is 1. The van der Waals surface area contributed by atoms with Gasteiger partial charge in [0.1, 0.15) is 0 Å². The fraction of sp³-hybridized carbons (Fsp3) is 0.250. The monoisotopic (exact) mass is 311 g/mol. The molecule has 2 nitrogen and oxygen atoms in total. The van der Waals surface area contributed by atoms with E-state index in [4.69, 9.17) is 22.1 Å². The van der Waals surface area contributed by atoms with E-state index in [1.807, 2.05) is 42.5 Å². The molecule has 0 saturated heterocycles. The van der Waals surface area contributed by atoms with E-state index in [0.29, 0.717) is 13.2 Å². The van der Waals surface area contributed by atoms with E-state index < -0.39 is 0 Å². The van der Waals surface area contributed by atoms with Crippen LogP contribution in [0.5, 0.6) is 0 Å². The van der Waals surface area contributed by atoms with Gasteiger partial charge in [-0.15, -0.1) is 12.4 Å². The lowest BCUT2D eigenvalue weighted by atomic mass is 10.1. The van der Waals surface area contributed by atoms with Crippen molar-refractivity contribution in [2.45, 2.75) is 19.1 Å². The molecular formula is C16H19Cl2NO.